The number of hydrogen-bond donors (Lipinski definition) is 3. The Morgan fingerprint density at radius 3 is 2.65 bits per heavy atom. The van der Waals surface area contributed by atoms with Gasteiger partial charge in [0.2, 0.25) is 0 Å². The van der Waals surface area contributed by atoms with Gasteiger partial charge in [0.05, 0.1) is 19.2 Å². The third-order valence-corrected chi connectivity index (χ3v) is 4.85. The molecule has 1 saturated heterocycles. The molecule has 0 bridgehead atoms. The fourth-order valence-electron chi connectivity index (χ4n) is 2.90. The molecule has 148 valence electrons. The third kappa shape index (κ3) is 6.35. The van der Waals surface area contributed by atoms with Gasteiger partial charge in [0, 0.05) is 25.2 Å². The van der Waals surface area contributed by atoms with Crippen LogP contribution in [0.25, 0.3) is 0 Å². The molecule has 1 unspecified atom stereocenters. The van der Waals surface area contributed by atoms with E-state index in [9.17, 15) is 9.50 Å². The van der Waals surface area contributed by atoms with Crippen molar-refractivity contribution in [2.75, 3.05) is 32.9 Å². The molecule has 0 spiro atoms. The van der Waals surface area contributed by atoms with E-state index in [4.69, 9.17) is 4.74 Å². The van der Waals surface area contributed by atoms with E-state index in [2.05, 4.69) is 15.6 Å². The number of aryl methyl sites for hydroxylation is 1. The molecule has 1 aliphatic rings. The number of rotatable bonds is 6. The fraction of sp³-hybridized carbons (Fsp3) is 0.632. The number of benzene rings is 1. The number of hydrogen-bond acceptors (Lipinski definition) is 3. The number of halogens is 2. The van der Waals surface area contributed by atoms with E-state index in [0.29, 0.717) is 31.3 Å². The molecule has 7 heteroatoms. The minimum atomic E-state index is -0.209. The van der Waals surface area contributed by atoms with Crippen LogP contribution < -0.4 is 10.6 Å². The average molecular weight is 479 g/mol. The lowest BCUT2D eigenvalue weighted by Gasteiger charge is -2.34. The Labute approximate surface area is 172 Å². The van der Waals surface area contributed by atoms with Gasteiger partial charge < -0.3 is 20.5 Å². The number of nitrogens with one attached hydrogen (secondary N) is 2. The van der Waals surface area contributed by atoms with E-state index in [1.807, 2.05) is 19.9 Å². The maximum absolute atomic E-state index is 13.8. The quantitative estimate of drug-likeness (QED) is 0.333. The highest BCUT2D eigenvalue weighted by molar-refractivity contribution is 14.0. The van der Waals surface area contributed by atoms with E-state index in [-0.39, 0.29) is 47.9 Å². The summed E-state index contributed by atoms with van der Waals surface area (Å²) >= 11 is 0. The summed E-state index contributed by atoms with van der Waals surface area (Å²) in [5, 5.41) is 16.3. The van der Waals surface area contributed by atoms with Gasteiger partial charge in [0.1, 0.15) is 5.82 Å². The van der Waals surface area contributed by atoms with Crippen molar-refractivity contribution in [3.63, 3.8) is 0 Å². The van der Waals surface area contributed by atoms with Gasteiger partial charge in [-0.1, -0.05) is 12.1 Å². The number of aliphatic imine (C=N–C) groups is 1. The molecule has 1 aromatic carbocycles. The van der Waals surface area contributed by atoms with Crippen LogP contribution in [-0.4, -0.2) is 44.0 Å². The molecule has 1 aromatic rings. The van der Waals surface area contributed by atoms with Crippen molar-refractivity contribution in [2.24, 2.45) is 10.4 Å². The molecule has 5 nitrogen and oxygen atoms in total. The normalized spacial score (nSPS) is 18.0. The number of nitrogens with zero attached hydrogens (tertiary/aromatic N) is 1. The second-order valence-corrected chi connectivity index (χ2v) is 6.84. The minimum absolute atomic E-state index is 0. The Morgan fingerprint density at radius 2 is 2.08 bits per heavy atom. The van der Waals surface area contributed by atoms with Crippen LogP contribution in [-0.2, 0) is 4.74 Å². The first-order valence-electron chi connectivity index (χ1n) is 8.99. The minimum Gasteiger partial charge on any atom is -0.396 e. The Bertz CT molecular complexity index is 592. The molecule has 0 amide bonds. The Balaban J connectivity index is 0.00000338. The lowest BCUT2D eigenvalue weighted by atomic mass is 9.81. The van der Waals surface area contributed by atoms with Crippen LogP contribution in [0.5, 0.6) is 0 Å². The smallest absolute Gasteiger partial charge is 0.191 e. The monoisotopic (exact) mass is 479 g/mol. The molecule has 3 N–H and O–H groups in total. The molecule has 0 saturated carbocycles. The second-order valence-electron chi connectivity index (χ2n) is 6.84. The zero-order valence-corrected chi connectivity index (χ0v) is 18.2. The zero-order valence-electron chi connectivity index (χ0n) is 15.8. The lowest BCUT2D eigenvalue weighted by Crippen LogP contribution is -2.41. The van der Waals surface area contributed by atoms with Crippen molar-refractivity contribution >= 4 is 29.9 Å². The number of aliphatic hydroxyl groups is 1. The van der Waals surface area contributed by atoms with Crippen LogP contribution in [0, 0.1) is 18.2 Å². The largest absolute Gasteiger partial charge is 0.396 e. The molecule has 1 atom stereocenters. The molecular weight excluding hydrogens is 448 g/mol. The summed E-state index contributed by atoms with van der Waals surface area (Å²) in [5.74, 6) is 0.477. The lowest BCUT2D eigenvalue weighted by molar-refractivity contribution is -0.0106. The van der Waals surface area contributed by atoms with E-state index in [0.717, 1.165) is 24.9 Å². The Kier molecular flexibility index (Phi) is 9.81. The van der Waals surface area contributed by atoms with Gasteiger partial charge in [-0.3, -0.25) is 4.99 Å². The number of aliphatic hydroxyl groups excluding tert-OH is 1. The molecule has 0 aromatic heterocycles. The first kappa shape index (κ1) is 23.1. The van der Waals surface area contributed by atoms with Crippen LogP contribution in [0.1, 0.15) is 43.9 Å². The van der Waals surface area contributed by atoms with Crippen molar-refractivity contribution in [1.29, 1.82) is 0 Å². The molecule has 1 heterocycles. The maximum Gasteiger partial charge on any atom is 0.191 e. The zero-order chi connectivity index (χ0) is 18.3. The van der Waals surface area contributed by atoms with Crippen molar-refractivity contribution in [2.45, 2.75) is 39.7 Å². The topological polar surface area (TPSA) is 65.9 Å². The summed E-state index contributed by atoms with van der Waals surface area (Å²) in [6.45, 7) is 8.45. The van der Waals surface area contributed by atoms with E-state index < -0.39 is 0 Å². The molecule has 1 aliphatic heterocycles. The molecular formula is C19H31FIN3O2. The first-order chi connectivity index (χ1) is 12.0. The predicted molar refractivity (Wildman–Crippen MR) is 114 cm³/mol. The maximum atomic E-state index is 13.8. The summed E-state index contributed by atoms with van der Waals surface area (Å²) in [4.78, 5) is 4.67. The van der Waals surface area contributed by atoms with Gasteiger partial charge >= 0.3 is 0 Å². The molecule has 1 fully saturated rings. The van der Waals surface area contributed by atoms with Gasteiger partial charge in [0.25, 0.3) is 0 Å². The van der Waals surface area contributed by atoms with Crippen molar-refractivity contribution in [3.8, 4) is 0 Å². The number of guanidine groups is 1. The van der Waals surface area contributed by atoms with Crippen molar-refractivity contribution in [3.05, 3.63) is 35.1 Å². The summed E-state index contributed by atoms with van der Waals surface area (Å²) in [6, 6.07) is 5.19. The average Bonchev–Trinajstić information content (AvgIpc) is 2.63. The highest BCUT2D eigenvalue weighted by atomic mass is 127. The van der Waals surface area contributed by atoms with E-state index in [1.54, 1.807) is 19.1 Å². The van der Waals surface area contributed by atoms with Gasteiger partial charge in [-0.2, -0.15) is 0 Å². The summed E-state index contributed by atoms with van der Waals surface area (Å²) in [5.41, 5.74) is 1.30. The highest BCUT2D eigenvalue weighted by Gasteiger charge is 2.32. The fourth-order valence-corrected chi connectivity index (χ4v) is 2.90. The van der Waals surface area contributed by atoms with Gasteiger partial charge in [-0.15, -0.1) is 24.0 Å². The predicted octanol–water partition coefficient (Wildman–Crippen LogP) is 3.16. The number of ether oxygens (including phenoxy) is 1. The van der Waals surface area contributed by atoms with Crippen molar-refractivity contribution in [1.82, 2.24) is 10.6 Å². The Morgan fingerprint density at radius 1 is 1.38 bits per heavy atom. The summed E-state index contributed by atoms with van der Waals surface area (Å²) in [7, 11) is 0. The molecule has 2 rings (SSSR count). The van der Waals surface area contributed by atoms with Crippen molar-refractivity contribution < 1.29 is 14.2 Å². The van der Waals surface area contributed by atoms with E-state index in [1.165, 1.54) is 0 Å². The van der Waals surface area contributed by atoms with Crippen LogP contribution in [0.2, 0.25) is 0 Å². The molecule has 0 radical (unpaired) electrons. The molecule has 0 aliphatic carbocycles. The van der Waals surface area contributed by atoms with Crippen LogP contribution >= 0.6 is 24.0 Å². The Hall–Kier alpha value is -0.930. The summed E-state index contributed by atoms with van der Waals surface area (Å²) < 4.78 is 19.2. The highest BCUT2D eigenvalue weighted by Crippen LogP contribution is 2.30. The van der Waals surface area contributed by atoms with Crippen LogP contribution in [0.3, 0.4) is 0 Å². The van der Waals surface area contributed by atoms with E-state index >= 15 is 0 Å². The second kappa shape index (κ2) is 11.0. The van der Waals surface area contributed by atoms with Gasteiger partial charge in [-0.05, 0) is 50.8 Å². The standard InChI is InChI=1S/C19H30FN3O2.HI/c1-4-21-18(22-12-19(13-24)7-9-25-10-8-19)23-15(3)16-6-5-14(2)17(20)11-16;/h5-6,11,15,24H,4,7-10,12-13H2,1-3H3,(H2,21,22,23);1H. The summed E-state index contributed by atoms with van der Waals surface area (Å²) in [6.07, 6.45) is 1.62. The van der Waals surface area contributed by atoms with Gasteiger partial charge in [-0.25, -0.2) is 4.39 Å². The molecule has 26 heavy (non-hydrogen) atoms. The third-order valence-electron chi connectivity index (χ3n) is 4.85. The SMILES string of the molecule is CCNC(=NCC1(CO)CCOCC1)NC(C)c1ccc(C)c(F)c1.I. The van der Waals surface area contributed by atoms with Crippen LogP contribution in [0.4, 0.5) is 4.39 Å². The first-order valence-corrected chi connectivity index (χ1v) is 8.99. The van der Waals surface area contributed by atoms with Gasteiger partial charge in [0.15, 0.2) is 5.96 Å². The van der Waals surface area contributed by atoms with Crippen LogP contribution in [0.15, 0.2) is 23.2 Å².